The van der Waals surface area contributed by atoms with Gasteiger partial charge in [-0.05, 0) is 48.9 Å². The zero-order chi connectivity index (χ0) is 15.0. The van der Waals surface area contributed by atoms with Crippen LogP contribution in [-0.2, 0) is 0 Å². The summed E-state index contributed by atoms with van der Waals surface area (Å²) in [7, 11) is 0. The van der Waals surface area contributed by atoms with Crippen LogP contribution in [0, 0.1) is 12.7 Å². The fraction of sp³-hybridized carbons (Fsp3) is 0.471. The van der Waals surface area contributed by atoms with Crippen molar-refractivity contribution in [1.29, 1.82) is 0 Å². The number of aromatic nitrogens is 1. The Morgan fingerprint density at radius 3 is 2.71 bits per heavy atom. The maximum absolute atomic E-state index is 13.7. The zero-order valence-electron chi connectivity index (χ0n) is 12.7. The summed E-state index contributed by atoms with van der Waals surface area (Å²) < 4.78 is 13.7. The molecule has 1 aliphatic rings. The molecule has 1 aromatic carbocycles. The number of nitrogens with zero attached hydrogens (tertiary/aromatic N) is 1. The van der Waals surface area contributed by atoms with Gasteiger partial charge in [-0.1, -0.05) is 19.9 Å². The average molecular weight is 304 g/mol. The van der Waals surface area contributed by atoms with Crippen LogP contribution in [0.4, 0.5) is 4.39 Å². The van der Waals surface area contributed by atoms with Crippen molar-refractivity contribution in [3.63, 3.8) is 0 Å². The molecule has 4 heteroatoms. The molecule has 1 aliphatic carbocycles. The highest BCUT2D eigenvalue weighted by Gasteiger charge is 2.29. The maximum atomic E-state index is 13.7. The molecule has 1 fully saturated rings. The molecule has 2 aromatic rings. The fourth-order valence-corrected chi connectivity index (χ4v) is 3.46. The summed E-state index contributed by atoms with van der Waals surface area (Å²) in [6.07, 6.45) is 2.40. The molecule has 0 bridgehead atoms. The molecule has 3 rings (SSSR count). The molecule has 2 nitrogen and oxygen atoms in total. The summed E-state index contributed by atoms with van der Waals surface area (Å²) in [5.74, 6) is 0.240. The van der Waals surface area contributed by atoms with Crippen LogP contribution in [-0.4, -0.2) is 11.0 Å². The van der Waals surface area contributed by atoms with Crippen LogP contribution in [0.25, 0.3) is 0 Å². The molecule has 21 heavy (non-hydrogen) atoms. The van der Waals surface area contributed by atoms with E-state index in [1.54, 1.807) is 17.4 Å². The van der Waals surface area contributed by atoms with E-state index in [2.05, 4.69) is 24.5 Å². The number of rotatable bonds is 5. The first-order valence-corrected chi connectivity index (χ1v) is 8.40. The van der Waals surface area contributed by atoms with Gasteiger partial charge in [-0.15, -0.1) is 11.3 Å². The lowest BCUT2D eigenvalue weighted by Gasteiger charge is -2.19. The number of nitrogens with one attached hydrogen (secondary N) is 1. The van der Waals surface area contributed by atoms with Gasteiger partial charge in [-0.25, -0.2) is 9.37 Å². The first-order valence-electron chi connectivity index (χ1n) is 7.52. The second-order valence-electron chi connectivity index (χ2n) is 6.14. The van der Waals surface area contributed by atoms with E-state index in [1.807, 2.05) is 13.0 Å². The van der Waals surface area contributed by atoms with Gasteiger partial charge in [0.15, 0.2) is 0 Å². The highest BCUT2D eigenvalue weighted by Crippen LogP contribution is 2.33. The van der Waals surface area contributed by atoms with Crippen molar-refractivity contribution in [2.24, 2.45) is 0 Å². The van der Waals surface area contributed by atoms with Crippen molar-refractivity contribution >= 4 is 11.3 Å². The number of halogens is 1. The van der Waals surface area contributed by atoms with Gasteiger partial charge >= 0.3 is 0 Å². The summed E-state index contributed by atoms with van der Waals surface area (Å²) in [4.78, 5) is 4.77. The Bertz CT molecular complexity index is 631. The Kier molecular flexibility index (Phi) is 4.09. The molecule has 1 atom stereocenters. The van der Waals surface area contributed by atoms with E-state index in [4.69, 9.17) is 4.98 Å². The van der Waals surface area contributed by atoms with Gasteiger partial charge in [-0.2, -0.15) is 0 Å². The minimum absolute atomic E-state index is 0.00528. The molecule has 0 saturated heterocycles. The minimum Gasteiger partial charge on any atom is -0.301 e. The Morgan fingerprint density at radius 2 is 2.10 bits per heavy atom. The molecule has 0 radical (unpaired) electrons. The second kappa shape index (κ2) is 5.85. The molecule has 112 valence electrons. The van der Waals surface area contributed by atoms with E-state index in [0.29, 0.717) is 12.0 Å². The summed E-state index contributed by atoms with van der Waals surface area (Å²) >= 11 is 1.67. The number of hydrogen-bond acceptors (Lipinski definition) is 3. The topological polar surface area (TPSA) is 24.9 Å². The molecule has 1 heterocycles. The monoisotopic (exact) mass is 304 g/mol. The highest BCUT2D eigenvalue weighted by molar-refractivity contribution is 7.09. The van der Waals surface area contributed by atoms with Gasteiger partial charge in [-0.3, -0.25) is 0 Å². The summed E-state index contributed by atoms with van der Waals surface area (Å²) in [5.41, 5.74) is 3.23. The van der Waals surface area contributed by atoms with Crippen LogP contribution in [0.1, 0.15) is 60.5 Å². The lowest BCUT2D eigenvalue weighted by Crippen LogP contribution is -2.25. The Balaban J connectivity index is 1.97. The van der Waals surface area contributed by atoms with Gasteiger partial charge < -0.3 is 5.32 Å². The second-order valence-corrected chi connectivity index (χ2v) is 7.03. The number of hydrogen-bond donors (Lipinski definition) is 1. The minimum atomic E-state index is -0.182. The van der Waals surface area contributed by atoms with Crippen LogP contribution in [0.3, 0.4) is 0 Å². The normalized spacial score (nSPS) is 16.4. The van der Waals surface area contributed by atoms with E-state index in [9.17, 15) is 4.39 Å². The van der Waals surface area contributed by atoms with E-state index < -0.39 is 0 Å². The van der Waals surface area contributed by atoms with Crippen LogP contribution in [0.2, 0.25) is 0 Å². The summed E-state index contributed by atoms with van der Waals surface area (Å²) in [6.45, 7) is 6.33. The molecule has 0 spiro atoms. The standard InChI is InChI=1S/C17H21FN2S/c1-10(2)15-9-21-17(20-15)16(19-13-6-7-13)14-8-12(18)5-4-11(14)3/h4-5,8-10,13,16,19H,6-7H2,1-3H3. The fourth-order valence-electron chi connectivity index (χ4n) is 2.40. The van der Waals surface area contributed by atoms with E-state index >= 15 is 0 Å². The predicted octanol–water partition coefficient (Wildman–Crippen LogP) is 4.56. The molecular formula is C17H21FN2S. The van der Waals surface area contributed by atoms with Crippen molar-refractivity contribution in [1.82, 2.24) is 10.3 Å². The van der Waals surface area contributed by atoms with Gasteiger partial charge in [0.05, 0.1) is 11.7 Å². The van der Waals surface area contributed by atoms with Gasteiger partial charge in [0.1, 0.15) is 10.8 Å². The maximum Gasteiger partial charge on any atom is 0.123 e. The predicted molar refractivity (Wildman–Crippen MR) is 85.3 cm³/mol. The first kappa shape index (κ1) is 14.7. The van der Waals surface area contributed by atoms with Gasteiger partial charge in [0, 0.05) is 11.4 Å². The van der Waals surface area contributed by atoms with Crippen LogP contribution in [0.15, 0.2) is 23.6 Å². The SMILES string of the molecule is Cc1ccc(F)cc1C(NC1CC1)c1nc(C(C)C)cs1. The van der Waals surface area contributed by atoms with E-state index in [-0.39, 0.29) is 11.9 Å². The van der Waals surface area contributed by atoms with Crippen molar-refractivity contribution in [2.45, 2.75) is 51.6 Å². The smallest absolute Gasteiger partial charge is 0.123 e. The third-order valence-electron chi connectivity index (χ3n) is 3.91. The number of thiazole rings is 1. The first-order chi connectivity index (χ1) is 10.0. The Hall–Kier alpha value is -1.26. The molecule has 0 amide bonds. The van der Waals surface area contributed by atoms with Crippen molar-refractivity contribution in [3.05, 3.63) is 51.2 Å². The lowest BCUT2D eigenvalue weighted by molar-refractivity contribution is 0.580. The molecule has 0 aliphatic heterocycles. The highest BCUT2D eigenvalue weighted by atomic mass is 32.1. The summed E-state index contributed by atoms with van der Waals surface area (Å²) in [6, 6.07) is 5.57. The van der Waals surface area contributed by atoms with Crippen molar-refractivity contribution < 1.29 is 4.39 Å². The molecular weight excluding hydrogens is 283 g/mol. The van der Waals surface area contributed by atoms with Crippen molar-refractivity contribution in [2.75, 3.05) is 0 Å². The summed E-state index contributed by atoms with van der Waals surface area (Å²) in [5, 5.41) is 6.79. The Labute approximate surface area is 129 Å². The van der Waals surface area contributed by atoms with E-state index in [0.717, 1.165) is 21.8 Å². The third-order valence-corrected chi connectivity index (χ3v) is 4.84. The van der Waals surface area contributed by atoms with Crippen molar-refractivity contribution in [3.8, 4) is 0 Å². The number of aryl methyl sites for hydroxylation is 1. The van der Waals surface area contributed by atoms with Gasteiger partial charge in [0.25, 0.3) is 0 Å². The van der Waals surface area contributed by atoms with Gasteiger partial charge in [0.2, 0.25) is 0 Å². The largest absolute Gasteiger partial charge is 0.301 e. The number of benzene rings is 1. The molecule has 1 unspecified atom stereocenters. The average Bonchev–Trinajstić information content (AvgIpc) is 3.12. The molecule has 1 aromatic heterocycles. The van der Waals surface area contributed by atoms with Crippen LogP contribution < -0.4 is 5.32 Å². The Morgan fingerprint density at radius 1 is 1.33 bits per heavy atom. The molecule has 1 N–H and O–H groups in total. The quantitative estimate of drug-likeness (QED) is 0.876. The third kappa shape index (κ3) is 3.33. The van der Waals surface area contributed by atoms with E-state index in [1.165, 1.54) is 18.9 Å². The lowest BCUT2D eigenvalue weighted by atomic mass is 10.0. The zero-order valence-corrected chi connectivity index (χ0v) is 13.5. The van der Waals surface area contributed by atoms with Crippen LogP contribution in [0.5, 0.6) is 0 Å². The molecule has 1 saturated carbocycles. The van der Waals surface area contributed by atoms with Crippen LogP contribution >= 0.6 is 11.3 Å².